The molecule has 0 radical (unpaired) electrons. The van der Waals surface area contributed by atoms with Crippen molar-refractivity contribution in [3.05, 3.63) is 35.4 Å². The van der Waals surface area contributed by atoms with Gasteiger partial charge in [0.05, 0.1) is 11.1 Å². The maximum Gasteiger partial charge on any atom is 0.340 e. The van der Waals surface area contributed by atoms with Crippen LogP contribution in [0.5, 0.6) is 0 Å². The summed E-state index contributed by atoms with van der Waals surface area (Å²) in [5.41, 5.74) is 0.398. The van der Waals surface area contributed by atoms with Crippen molar-refractivity contribution in [1.29, 1.82) is 0 Å². The predicted octanol–water partition coefficient (Wildman–Crippen LogP) is 0.623. The lowest BCUT2D eigenvalue weighted by molar-refractivity contribution is -0.172. The fourth-order valence-electron chi connectivity index (χ4n) is 1.55. The Morgan fingerprint density at radius 3 is 2.24 bits per heavy atom. The monoisotopic (exact) mass is 236 g/mol. The molecule has 1 aromatic rings. The Morgan fingerprint density at radius 1 is 1.12 bits per heavy atom. The number of carbonyl (C=O) groups excluding carboxylic acids is 1. The smallest absolute Gasteiger partial charge is 0.340 e. The molecule has 0 aliphatic carbocycles. The number of carboxylic acids is 1. The number of fused-ring (bicyclic) bond motifs is 1. The Kier molecular flexibility index (Phi) is 2.13. The Hall–Kier alpha value is -1.92. The summed E-state index contributed by atoms with van der Waals surface area (Å²) in [5.74, 6) is -1.60. The first-order chi connectivity index (χ1) is 8.15. The second-order valence-corrected chi connectivity index (χ2v) is 3.76. The average molecular weight is 236 g/mol. The molecule has 0 spiro atoms. The van der Waals surface area contributed by atoms with Crippen molar-refractivity contribution in [2.45, 2.75) is 18.7 Å². The zero-order valence-corrected chi connectivity index (χ0v) is 8.53. The topological polar surface area (TPSA) is 85.4 Å². The molecule has 6 nitrogen and oxygen atoms in total. The number of benzene rings is 1. The maximum absolute atomic E-state index is 11.6. The van der Waals surface area contributed by atoms with Gasteiger partial charge in [-0.2, -0.15) is 0 Å². The maximum atomic E-state index is 11.6. The molecule has 6 heteroatoms. The minimum Gasteiger partial charge on any atom is -0.478 e. The summed E-state index contributed by atoms with van der Waals surface area (Å²) >= 11 is 0. The van der Waals surface area contributed by atoms with Gasteiger partial charge in [0.25, 0.3) is 0 Å². The van der Waals surface area contributed by atoms with E-state index in [1.165, 1.54) is 24.3 Å². The SMILES string of the molecule is O=C(O)c1ccc(C(=O)OC2OC3OC23)cc1. The van der Waals surface area contributed by atoms with Gasteiger partial charge in [0.1, 0.15) is 0 Å². The molecule has 0 saturated carbocycles. The van der Waals surface area contributed by atoms with E-state index in [1.807, 2.05) is 0 Å². The molecule has 17 heavy (non-hydrogen) atoms. The summed E-state index contributed by atoms with van der Waals surface area (Å²) < 4.78 is 15.0. The van der Waals surface area contributed by atoms with Gasteiger partial charge in [-0.1, -0.05) is 0 Å². The van der Waals surface area contributed by atoms with Crippen molar-refractivity contribution in [2.75, 3.05) is 0 Å². The number of rotatable bonds is 3. The molecule has 2 saturated heterocycles. The molecule has 3 atom stereocenters. The van der Waals surface area contributed by atoms with Crippen LogP contribution in [0, 0.1) is 0 Å². The minimum absolute atomic E-state index is 0.118. The number of hydrogen-bond acceptors (Lipinski definition) is 5. The van der Waals surface area contributed by atoms with Gasteiger partial charge in [0, 0.05) is 0 Å². The Morgan fingerprint density at radius 2 is 1.76 bits per heavy atom. The highest BCUT2D eigenvalue weighted by Crippen LogP contribution is 2.40. The van der Waals surface area contributed by atoms with E-state index >= 15 is 0 Å². The van der Waals surface area contributed by atoms with Gasteiger partial charge in [0.2, 0.25) is 6.29 Å². The van der Waals surface area contributed by atoms with E-state index in [0.29, 0.717) is 0 Å². The zero-order chi connectivity index (χ0) is 12.0. The zero-order valence-electron chi connectivity index (χ0n) is 8.53. The van der Waals surface area contributed by atoms with Gasteiger partial charge < -0.3 is 19.3 Å². The van der Waals surface area contributed by atoms with Crippen molar-refractivity contribution in [1.82, 2.24) is 0 Å². The second kappa shape index (κ2) is 3.54. The lowest BCUT2D eigenvalue weighted by Gasteiger charge is -2.20. The third-order valence-electron chi connectivity index (χ3n) is 2.61. The van der Waals surface area contributed by atoms with Crippen molar-refractivity contribution in [3.8, 4) is 0 Å². The lowest BCUT2D eigenvalue weighted by Crippen LogP contribution is -2.37. The first kappa shape index (κ1) is 10.2. The predicted molar refractivity (Wildman–Crippen MR) is 52.4 cm³/mol. The quantitative estimate of drug-likeness (QED) is 0.611. The molecule has 3 rings (SSSR count). The Labute approximate surface area is 95.7 Å². The van der Waals surface area contributed by atoms with Crippen LogP contribution in [-0.2, 0) is 14.2 Å². The summed E-state index contributed by atoms with van der Waals surface area (Å²) in [6.45, 7) is 0. The van der Waals surface area contributed by atoms with Crippen LogP contribution in [-0.4, -0.2) is 35.7 Å². The molecule has 2 heterocycles. The average Bonchev–Trinajstić information content (AvgIpc) is 2.97. The van der Waals surface area contributed by atoms with Crippen molar-refractivity contribution in [3.63, 3.8) is 0 Å². The largest absolute Gasteiger partial charge is 0.478 e. The van der Waals surface area contributed by atoms with Crippen LogP contribution in [0.3, 0.4) is 0 Å². The third-order valence-corrected chi connectivity index (χ3v) is 2.61. The molecule has 2 aliphatic heterocycles. The van der Waals surface area contributed by atoms with Gasteiger partial charge in [0.15, 0.2) is 12.4 Å². The van der Waals surface area contributed by atoms with Crippen LogP contribution >= 0.6 is 0 Å². The van der Waals surface area contributed by atoms with Crippen molar-refractivity contribution in [2.24, 2.45) is 0 Å². The lowest BCUT2D eigenvalue weighted by atomic mass is 10.1. The Bertz CT molecular complexity index is 479. The Balaban J connectivity index is 1.66. The minimum atomic E-state index is -1.04. The van der Waals surface area contributed by atoms with E-state index in [9.17, 15) is 9.59 Å². The summed E-state index contributed by atoms with van der Waals surface area (Å²) in [5, 5.41) is 8.69. The number of aromatic carboxylic acids is 1. The second-order valence-electron chi connectivity index (χ2n) is 3.76. The number of carboxylic acid groups (broad SMARTS) is 1. The molecule has 88 valence electrons. The highest BCUT2D eigenvalue weighted by Gasteiger charge is 2.61. The summed E-state index contributed by atoms with van der Waals surface area (Å²) in [6.07, 6.45) is -0.967. The van der Waals surface area contributed by atoms with Crippen molar-refractivity contribution < 1.29 is 28.9 Å². The van der Waals surface area contributed by atoms with Crippen LogP contribution in [0.25, 0.3) is 0 Å². The number of esters is 1. The van der Waals surface area contributed by atoms with E-state index < -0.39 is 18.2 Å². The molecule has 2 aliphatic rings. The van der Waals surface area contributed by atoms with E-state index in [2.05, 4.69) is 0 Å². The standard InChI is InChI=1S/C11H8O6/c12-8(13)5-1-3-6(4-2-5)9(14)16-11-7-10(15-7)17-11/h1-4,7,10-11H,(H,12,13). The van der Waals surface area contributed by atoms with Crippen LogP contribution in [0.2, 0.25) is 0 Å². The van der Waals surface area contributed by atoms with Crippen LogP contribution < -0.4 is 0 Å². The van der Waals surface area contributed by atoms with Gasteiger partial charge in [-0.05, 0) is 24.3 Å². The summed E-state index contributed by atoms with van der Waals surface area (Å²) in [4.78, 5) is 22.2. The molecule has 3 unspecified atom stereocenters. The van der Waals surface area contributed by atoms with E-state index in [0.717, 1.165) is 0 Å². The fourth-order valence-corrected chi connectivity index (χ4v) is 1.55. The molecule has 0 amide bonds. The molecular formula is C11H8O6. The number of epoxide rings is 1. The molecular weight excluding hydrogens is 228 g/mol. The van der Waals surface area contributed by atoms with Gasteiger partial charge in [-0.25, -0.2) is 9.59 Å². The van der Waals surface area contributed by atoms with E-state index in [4.69, 9.17) is 19.3 Å². The number of ether oxygens (including phenoxy) is 3. The third kappa shape index (κ3) is 1.77. The molecule has 1 N–H and O–H groups in total. The summed E-state index contributed by atoms with van der Waals surface area (Å²) in [7, 11) is 0. The van der Waals surface area contributed by atoms with Crippen LogP contribution in [0.15, 0.2) is 24.3 Å². The first-order valence-corrected chi connectivity index (χ1v) is 5.00. The van der Waals surface area contributed by atoms with Crippen LogP contribution in [0.1, 0.15) is 20.7 Å². The van der Waals surface area contributed by atoms with Gasteiger partial charge >= 0.3 is 11.9 Å². The van der Waals surface area contributed by atoms with Crippen LogP contribution in [0.4, 0.5) is 0 Å². The van der Waals surface area contributed by atoms with Gasteiger partial charge in [-0.3, -0.25) is 0 Å². The highest BCUT2D eigenvalue weighted by molar-refractivity contribution is 5.92. The molecule has 0 aromatic heterocycles. The fraction of sp³-hybridized carbons (Fsp3) is 0.273. The van der Waals surface area contributed by atoms with Gasteiger partial charge in [-0.15, -0.1) is 0 Å². The highest BCUT2D eigenvalue weighted by atomic mass is 16.9. The molecule has 0 bridgehead atoms. The number of hydrogen-bond donors (Lipinski definition) is 1. The van der Waals surface area contributed by atoms with E-state index in [1.54, 1.807) is 0 Å². The summed E-state index contributed by atoms with van der Waals surface area (Å²) in [6, 6.07) is 5.49. The normalized spacial score (nSPS) is 28.8. The molecule has 1 aromatic carbocycles. The molecule has 2 fully saturated rings. The van der Waals surface area contributed by atoms with Crippen molar-refractivity contribution >= 4 is 11.9 Å². The first-order valence-electron chi connectivity index (χ1n) is 5.00. The van der Waals surface area contributed by atoms with E-state index in [-0.39, 0.29) is 23.5 Å². The number of carbonyl (C=O) groups is 2.